The van der Waals surface area contributed by atoms with E-state index in [-0.39, 0.29) is 5.16 Å². The third kappa shape index (κ3) is 2.89. The average molecular weight is 252 g/mol. The Hall–Kier alpha value is -1.73. The van der Waals surface area contributed by atoms with Crippen LogP contribution in [0.5, 0.6) is 0 Å². The number of nitrogens with one attached hydrogen (secondary N) is 1. The molecule has 0 fully saturated rings. The zero-order valence-corrected chi connectivity index (χ0v) is 10.0. The first-order valence-corrected chi connectivity index (χ1v) is 6.49. The van der Waals surface area contributed by atoms with Gasteiger partial charge in [-0.05, 0) is 12.5 Å². The number of aromatic nitrogens is 3. The van der Waals surface area contributed by atoms with Gasteiger partial charge in [0.15, 0.2) is 0 Å². The molecule has 90 valence electrons. The Labute approximate surface area is 98.9 Å². The van der Waals surface area contributed by atoms with Crippen molar-refractivity contribution in [3.63, 3.8) is 0 Å². The van der Waals surface area contributed by atoms with Crippen LogP contribution >= 0.6 is 0 Å². The molecule has 0 amide bonds. The third-order valence-corrected chi connectivity index (χ3v) is 2.91. The minimum absolute atomic E-state index is 0.375. The molecule has 0 aliphatic heterocycles. The van der Waals surface area contributed by atoms with Crippen LogP contribution in [-0.4, -0.2) is 23.6 Å². The fourth-order valence-corrected chi connectivity index (χ4v) is 1.91. The fraction of sp³-hybridized carbons (Fsp3) is 0.200. The lowest BCUT2D eigenvalue weighted by Crippen LogP contribution is -2.13. The highest BCUT2D eigenvalue weighted by atomic mass is 32.2. The number of nitrogens with two attached hydrogens (primary N) is 1. The fourth-order valence-electron chi connectivity index (χ4n) is 1.50. The van der Waals surface area contributed by atoms with E-state index in [9.17, 15) is 8.42 Å². The van der Waals surface area contributed by atoms with Gasteiger partial charge >= 0.3 is 0 Å². The summed E-state index contributed by atoms with van der Waals surface area (Å²) in [4.78, 5) is 3.83. The van der Waals surface area contributed by atoms with Crippen LogP contribution in [0.4, 0.5) is 0 Å². The molecular formula is C10H12N4O2S. The van der Waals surface area contributed by atoms with Gasteiger partial charge in [0.05, 0.1) is 0 Å². The summed E-state index contributed by atoms with van der Waals surface area (Å²) < 4.78 is 22.0. The van der Waals surface area contributed by atoms with Gasteiger partial charge in [-0.2, -0.15) is 0 Å². The molecule has 0 radical (unpaired) electrons. The number of aryl methyl sites for hydroxylation is 1. The van der Waals surface area contributed by atoms with Crippen LogP contribution in [0.15, 0.2) is 29.4 Å². The van der Waals surface area contributed by atoms with Crippen LogP contribution < -0.4 is 5.14 Å². The van der Waals surface area contributed by atoms with Crippen molar-refractivity contribution in [1.82, 2.24) is 15.2 Å². The molecule has 3 N–H and O–H groups in total. The molecule has 0 unspecified atom stereocenters. The SMILES string of the molecule is Cc1cccc(Cc2nc(S(N)(=O)=O)n[nH]2)c1. The van der Waals surface area contributed by atoms with E-state index < -0.39 is 10.0 Å². The monoisotopic (exact) mass is 252 g/mol. The molecule has 0 atom stereocenters. The minimum Gasteiger partial charge on any atom is -0.262 e. The minimum atomic E-state index is -3.84. The first-order chi connectivity index (χ1) is 7.95. The molecule has 1 aromatic heterocycles. The number of hydrogen-bond donors (Lipinski definition) is 2. The maximum atomic E-state index is 11.0. The summed E-state index contributed by atoms with van der Waals surface area (Å²) in [6.07, 6.45) is 0.490. The Bertz CT molecular complexity index is 633. The number of H-pyrrole nitrogens is 1. The zero-order valence-electron chi connectivity index (χ0n) is 9.21. The predicted octanol–water partition coefficient (Wildman–Crippen LogP) is 0.351. The summed E-state index contributed by atoms with van der Waals surface area (Å²) in [6, 6.07) is 7.85. The van der Waals surface area contributed by atoms with Gasteiger partial charge in [-0.1, -0.05) is 29.8 Å². The van der Waals surface area contributed by atoms with Gasteiger partial charge in [0.25, 0.3) is 15.2 Å². The van der Waals surface area contributed by atoms with Crippen molar-refractivity contribution in [2.75, 3.05) is 0 Å². The molecule has 0 saturated heterocycles. The molecule has 1 aromatic carbocycles. The highest BCUT2D eigenvalue weighted by molar-refractivity contribution is 7.89. The molecule has 7 heteroatoms. The van der Waals surface area contributed by atoms with E-state index in [0.717, 1.165) is 11.1 Å². The molecule has 6 nitrogen and oxygen atoms in total. The lowest BCUT2D eigenvalue weighted by atomic mass is 10.1. The van der Waals surface area contributed by atoms with Crippen LogP contribution in [0.3, 0.4) is 0 Å². The zero-order chi connectivity index (χ0) is 12.5. The molecular weight excluding hydrogens is 240 g/mol. The Morgan fingerprint density at radius 3 is 2.76 bits per heavy atom. The van der Waals surface area contributed by atoms with Gasteiger partial charge < -0.3 is 0 Å². The molecule has 0 bridgehead atoms. The van der Waals surface area contributed by atoms with Gasteiger partial charge in [0.1, 0.15) is 5.82 Å². The quantitative estimate of drug-likeness (QED) is 0.822. The first-order valence-electron chi connectivity index (χ1n) is 4.95. The predicted molar refractivity (Wildman–Crippen MR) is 61.7 cm³/mol. The topological polar surface area (TPSA) is 102 Å². The maximum Gasteiger partial charge on any atom is 0.282 e. The van der Waals surface area contributed by atoms with E-state index in [2.05, 4.69) is 15.2 Å². The van der Waals surface area contributed by atoms with Gasteiger partial charge in [0.2, 0.25) is 0 Å². The maximum absolute atomic E-state index is 11.0. The van der Waals surface area contributed by atoms with Gasteiger partial charge in [-0.3, -0.25) is 5.10 Å². The number of aromatic amines is 1. The molecule has 0 saturated carbocycles. The number of rotatable bonds is 3. The van der Waals surface area contributed by atoms with Gasteiger partial charge in [0, 0.05) is 6.42 Å². The summed E-state index contributed by atoms with van der Waals surface area (Å²) in [5.41, 5.74) is 2.16. The molecule has 0 aliphatic carbocycles. The van der Waals surface area contributed by atoms with Crippen molar-refractivity contribution in [1.29, 1.82) is 0 Å². The van der Waals surface area contributed by atoms with E-state index in [1.54, 1.807) is 0 Å². The second kappa shape index (κ2) is 4.27. The van der Waals surface area contributed by atoms with Crippen molar-refractivity contribution >= 4 is 10.0 Å². The Kier molecular flexibility index (Phi) is 2.95. The van der Waals surface area contributed by atoms with Crippen LogP contribution in [-0.2, 0) is 16.4 Å². The van der Waals surface area contributed by atoms with Gasteiger partial charge in [-0.15, -0.1) is 5.10 Å². The Balaban J connectivity index is 2.23. The first kappa shape index (κ1) is 11.7. The Morgan fingerprint density at radius 1 is 1.41 bits per heavy atom. The molecule has 2 aromatic rings. The number of hydrogen-bond acceptors (Lipinski definition) is 4. The van der Waals surface area contributed by atoms with E-state index in [4.69, 9.17) is 5.14 Å². The summed E-state index contributed by atoms with van der Waals surface area (Å²) in [5.74, 6) is 0.472. The smallest absolute Gasteiger partial charge is 0.262 e. The average Bonchev–Trinajstić information content (AvgIpc) is 2.65. The number of nitrogens with zero attached hydrogens (tertiary/aromatic N) is 2. The Morgan fingerprint density at radius 2 is 2.18 bits per heavy atom. The molecule has 0 spiro atoms. The van der Waals surface area contributed by atoms with Crippen molar-refractivity contribution < 1.29 is 8.42 Å². The van der Waals surface area contributed by atoms with Crippen LogP contribution in [0.2, 0.25) is 0 Å². The van der Waals surface area contributed by atoms with Crippen LogP contribution in [0, 0.1) is 6.92 Å². The highest BCUT2D eigenvalue weighted by Crippen LogP contribution is 2.09. The van der Waals surface area contributed by atoms with Crippen molar-refractivity contribution in [2.24, 2.45) is 5.14 Å². The van der Waals surface area contributed by atoms with Crippen LogP contribution in [0.25, 0.3) is 0 Å². The highest BCUT2D eigenvalue weighted by Gasteiger charge is 2.14. The van der Waals surface area contributed by atoms with Gasteiger partial charge in [-0.25, -0.2) is 18.5 Å². The van der Waals surface area contributed by atoms with Crippen molar-refractivity contribution in [3.05, 3.63) is 41.2 Å². The third-order valence-electron chi connectivity index (χ3n) is 2.22. The summed E-state index contributed by atoms with van der Waals surface area (Å²) in [6.45, 7) is 1.99. The number of primary sulfonamides is 1. The standard InChI is InChI=1S/C10H12N4O2S/c1-7-3-2-4-8(5-7)6-9-12-10(14-13-9)17(11,15)16/h2-5H,6H2,1H3,(H2,11,15,16)(H,12,13,14). The summed E-state index contributed by atoms with van der Waals surface area (Å²) >= 11 is 0. The van der Waals surface area contributed by atoms with E-state index in [1.165, 1.54) is 0 Å². The normalized spacial score (nSPS) is 11.6. The van der Waals surface area contributed by atoms with Crippen molar-refractivity contribution in [3.8, 4) is 0 Å². The molecule has 1 heterocycles. The number of sulfonamides is 1. The van der Waals surface area contributed by atoms with Crippen LogP contribution in [0.1, 0.15) is 17.0 Å². The second-order valence-electron chi connectivity index (χ2n) is 3.78. The summed E-state index contributed by atoms with van der Waals surface area (Å²) in [7, 11) is -3.84. The van der Waals surface area contributed by atoms with E-state index in [1.807, 2.05) is 31.2 Å². The van der Waals surface area contributed by atoms with Crippen molar-refractivity contribution in [2.45, 2.75) is 18.5 Å². The second-order valence-corrected chi connectivity index (χ2v) is 5.23. The lowest BCUT2D eigenvalue weighted by molar-refractivity contribution is 0.589. The van der Waals surface area contributed by atoms with E-state index in [0.29, 0.717) is 12.2 Å². The lowest BCUT2D eigenvalue weighted by Gasteiger charge is -1.98. The van der Waals surface area contributed by atoms with E-state index >= 15 is 0 Å². The summed E-state index contributed by atoms with van der Waals surface area (Å²) in [5, 5.41) is 10.7. The molecule has 17 heavy (non-hydrogen) atoms. The molecule has 2 rings (SSSR count). The molecule has 0 aliphatic rings. The largest absolute Gasteiger partial charge is 0.282 e. The number of benzene rings is 1.